The molecule has 3 aromatic rings. The van der Waals surface area contributed by atoms with Crippen LogP contribution in [0.25, 0.3) is 10.2 Å². The van der Waals surface area contributed by atoms with Crippen molar-refractivity contribution in [2.24, 2.45) is 0 Å². The van der Waals surface area contributed by atoms with Gasteiger partial charge in [0, 0.05) is 6.20 Å². The Morgan fingerprint density at radius 2 is 2.05 bits per heavy atom. The maximum Gasteiger partial charge on any atom is 0.276 e. The summed E-state index contributed by atoms with van der Waals surface area (Å²) in [6.45, 7) is 4.28. The highest BCUT2D eigenvalue weighted by atomic mass is 32.1. The molecule has 0 aliphatic rings. The van der Waals surface area contributed by atoms with Gasteiger partial charge in [0.25, 0.3) is 5.91 Å². The van der Waals surface area contributed by atoms with Crippen LogP contribution in [0.4, 0.5) is 5.13 Å². The lowest BCUT2D eigenvalue weighted by Gasteiger charge is -2.04. The van der Waals surface area contributed by atoms with Crippen LogP contribution < -0.4 is 5.32 Å². The van der Waals surface area contributed by atoms with E-state index in [2.05, 4.69) is 35.2 Å². The summed E-state index contributed by atoms with van der Waals surface area (Å²) in [6, 6.07) is 11.4. The van der Waals surface area contributed by atoms with Crippen LogP contribution in [-0.4, -0.2) is 15.9 Å². The molecule has 0 unspecified atom stereocenters. The van der Waals surface area contributed by atoms with Crippen LogP contribution in [0.2, 0.25) is 0 Å². The Balaban J connectivity index is 1.92. The summed E-state index contributed by atoms with van der Waals surface area (Å²) < 4.78 is 1.08. The van der Waals surface area contributed by atoms with Crippen molar-refractivity contribution in [3.8, 4) is 0 Å². The van der Waals surface area contributed by atoms with E-state index in [4.69, 9.17) is 0 Å². The zero-order valence-corrected chi connectivity index (χ0v) is 12.6. The first-order chi connectivity index (χ1) is 10.1. The molecule has 0 bridgehead atoms. The number of hydrogen-bond donors (Lipinski definition) is 1. The summed E-state index contributed by atoms with van der Waals surface area (Å²) in [6.07, 6.45) is 1.60. The fourth-order valence-electron chi connectivity index (χ4n) is 2.15. The molecule has 1 amide bonds. The summed E-state index contributed by atoms with van der Waals surface area (Å²) >= 11 is 1.48. The zero-order valence-electron chi connectivity index (χ0n) is 11.8. The fraction of sp³-hybridized carbons (Fsp3) is 0.188. The number of nitrogens with zero attached hydrogens (tertiary/aromatic N) is 2. The van der Waals surface area contributed by atoms with Gasteiger partial charge in [-0.3, -0.25) is 15.1 Å². The minimum absolute atomic E-state index is 0.235. The van der Waals surface area contributed by atoms with Crippen molar-refractivity contribution >= 4 is 32.6 Å². The molecule has 0 fully saturated rings. The number of carbonyl (C=O) groups excluding carboxylic acids is 1. The van der Waals surface area contributed by atoms with Crippen LogP contribution in [0.1, 0.15) is 35.8 Å². The minimum Gasteiger partial charge on any atom is -0.296 e. The molecule has 0 aliphatic carbocycles. The predicted molar refractivity (Wildman–Crippen MR) is 85.9 cm³/mol. The van der Waals surface area contributed by atoms with E-state index in [9.17, 15) is 4.79 Å². The summed E-state index contributed by atoms with van der Waals surface area (Å²) in [5.74, 6) is 0.163. The van der Waals surface area contributed by atoms with Crippen LogP contribution in [-0.2, 0) is 0 Å². The summed E-state index contributed by atoms with van der Waals surface area (Å²) in [5.41, 5.74) is 2.55. The molecule has 0 atom stereocenters. The molecule has 0 aliphatic heterocycles. The lowest BCUT2D eigenvalue weighted by molar-refractivity contribution is 0.102. The van der Waals surface area contributed by atoms with Gasteiger partial charge in [-0.05, 0) is 29.7 Å². The molecule has 2 heterocycles. The number of carbonyl (C=O) groups is 1. The molecule has 4 nitrogen and oxygen atoms in total. The van der Waals surface area contributed by atoms with Gasteiger partial charge in [-0.25, -0.2) is 4.98 Å². The molecule has 0 saturated heterocycles. The molecule has 106 valence electrons. The fourth-order valence-corrected chi connectivity index (χ4v) is 3.04. The number of fused-ring (bicyclic) bond motifs is 1. The van der Waals surface area contributed by atoms with Gasteiger partial charge in [-0.2, -0.15) is 0 Å². The summed E-state index contributed by atoms with van der Waals surface area (Å²) in [4.78, 5) is 20.7. The van der Waals surface area contributed by atoms with Gasteiger partial charge in [0.15, 0.2) is 5.13 Å². The third-order valence-electron chi connectivity index (χ3n) is 3.19. The van der Waals surface area contributed by atoms with Crippen LogP contribution in [0.15, 0.2) is 42.6 Å². The third kappa shape index (κ3) is 2.78. The van der Waals surface area contributed by atoms with Crippen molar-refractivity contribution in [2.75, 3.05) is 5.32 Å². The third-order valence-corrected chi connectivity index (χ3v) is 4.13. The first kappa shape index (κ1) is 13.7. The quantitative estimate of drug-likeness (QED) is 0.793. The Kier molecular flexibility index (Phi) is 3.66. The number of aromatic nitrogens is 2. The number of thiazole rings is 1. The Hall–Kier alpha value is -2.27. The van der Waals surface area contributed by atoms with Crippen LogP contribution in [0, 0.1) is 0 Å². The van der Waals surface area contributed by atoms with Gasteiger partial charge in [0.05, 0.1) is 10.2 Å². The van der Waals surface area contributed by atoms with Crippen molar-refractivity contribution in [2.45, 2.75) is 19.8 Å². The second-order valence-corrected chi connectivity index (χ2v) is 6.07. The van der Waals surface area contributed by atoms with Gasteiger partial charge >= 0.3 is 0 Å². The van der Waals surface area contributed by atoms with Crippen LogP contribution >= 0.6 is 11.3 Å². The Bertz CT molecular complexity index is 781. The van der Waals surface area contributed by atoms with E-state index in [1.807, 2.05) is 12.1 Å². The maximum absolute atomic E-state index is 12.1. The highest BCUT2D eigenvalue weighted by molar-refractivity contribution is 7.22. The first-order valence-electron chi connectivity index (χ1n) is 6.77. The number of benzene rings is 1. The molecule has 0 radical (unpaired) electrons. The molecule has 0 spiro atoms. The second kappa shape index (κ2) is 5.61. The molecule has 5 heteroatoms. The average Bonchev–Trinajstić information content (AvgIpc) is 2.89. The van der Waals surface area contributed by atoms with Gasteiger partial charge in [0.1, 0.15) is 5.69 Å². The van der Waals surface area contributed by atoms with Gasteiger partial charge in [-0.1, -0.05) is 43.4 Å². The van der Waals surface area contributed by atoms with E-state index in [0.717, 1.165) is 10.2 Å². The van der Waals surface area contributed by atoms with Crippen molar-refractivity contribution in [1.29, 1.82) is 0 Å². The van der Waals surface area contributed by atoms with Crippen molar-refractivity contribution in [3.05, 3.63) is 53.9 Å². The number of para-hydroxylation sites is 1. The number of rotatable bonds is 3. The van der Waals surface area contributed by atoms with E-state index in [1.165, 1.54) is 16.9 Å². The minimum atomic E-state index is -0.235. The van der Waals surface area contributed by atoms with Crippen LogP contribution in [0.5, 0.6) is 0 Å². The second-order valence-electron chi connectivity index (χ2n) is 5.04. The average molecular weight is 297 g/mol. The highest BCUT2D eigenvalue weighted by Crippen LogP contribution is 2.31. The number of pyridine rings is 1. The molecule has 2 aromatic heterocycles. The number of amides is 1. The smallest absolute Gasteiger partial charge is 0.276 e. The molecule has 1 aromatic carbocycles. The van der Waals surface area contributed by atoms with Gasteiger partial charge in [0.2, 0.25) is 0 Å². The largest absolute Gasteiger partial charge is 0.296 e. The Morgan fingerprint density at radius 1 is 1.19 bits per heavy atom. The molecule has 3 rings (SSSR count). The van der Waals surface area contributed by atoms with E-state index < -0.39 is 0 Å². The van der Waals surface area contributed by atoms with Crippen molar-refractivity contribution in [3.63, 3.8) is 0 Å². The van der Waals surface area contributed by atoms with E-state index >= 15 is 0 Å². The maximum atomic E-state index is 12.1. The molecular formula is C16H15N3OS. The standard InChI is InChI=1S/C16H15N3OS/c1-10(2)11-6-5-8-13-14(11)18-16(21-13)19-15(20)12-7-3-4-9-17-12/h3-10H,1-2H3,(H,18,19,20). The van der Waals surface area contributed by atoms with Gasteiger partial charge in [-0.15, -0.1) is 0 Å². The first-order valence-corrected chi connectivity index (χ1v) is 7.58. The zero-order chi connectivity index (χ0) is 14.8. The number of anilines is 1. The predicted octanol–water partition coefficient (Wildman–Crippen LogP) is 4.07. The SMILES string of the molecule is CC(C)c1cccc2sc(NC(=O)c3ccccn3)nc12. The van der Waals surface area contributed by atoms with Crippen molar-refractivity contribution in [1.82, 2.24) is 9.97 Å². The molecule has 21 heavy (non-hydrogen) atoms. The highest BCUT2D eigenvalue weighted by Gasteiger charge is 2.13. The van der Waals surface area contributed by atoms with E-state index in [0.29, 0.717) is 16.7 Å². The monoisotopic (exact) mass is 297 g/mol. The molecular weight excluding hydrogens is 282 g/mol. The Morgan fingerprint density at radius 3 is 2.76 bits per heavy atom. The topological polar surface area (TPSA) is 54.9 Å². The lowest BCUT2D eigenvalue weighted by Crippen LogP contribution is -2.12. The lowest BCUT2D eigenvalue weighted by atomic mass is 10.0. The Labute approximate surface area is 126 Å². The van der Waals surface area contributed by atoms with Crippen LogP contribution in [0.3, 0.4) is 0 Å². The summed E-state index contributed by atoms with van der Waals surface area (Å²) in [7, 11) is 0. The summed E-state index contributed by atoms with van der Waals surface area (Å²) in [5, 5.41) is 3.43. The van der Waals surface area contributed by atoms with Gasteiger partial charge < -0.3 is 0 Å². The number of nitrogens with one attached hydrogen (secondary N) is 1. The number of hydrogen-bond acceptors (Lipinski definition) is 4. The van der Waals surface area contributed by atoms with Crippen molar-refractivity contribution < 1.29 is 4.79 Å². The molecule has 0 saturated carbocycles. The molecule has 1 N–H and O–H groups in total. The normalized spacial score (nSPS) is 11.0. The van der Waals surface area contributed by atoms with E-state index in [-0.39, 0.29) is 5.91 Å². The van der Waals surface area contributed by atoms with E-state index in [1.54, 1.807) is 24.4 Å².